The van der Waals surface area contributed by atoms with Crippen LogP contribution in [-0.4, -0.2) is 55.0 Å². The van der Waals surface area contributed by atoms with Crippen LogP contribution in [0.2, 0.25) is 0 Å². The van der Waals surface area contributed by atoms with E-state index in [1.165, 1.54) is 7.11 Å². The van der Waals surface area contributed by atoms with Gasteiger partial charge in [-0.15, -0.1) is 0 Å². The van der Waals surface area contributed by atoms with Gasteiger partial charge >= 0.3 is 12.1 Å². The second kappa shape index (κ2) is 11.4. The van der Waals surface area contributed by atoms with Crippen LogP contribution in [0.25, 0.3) is 11.1 Å². The van der Waals surface area contributed by atoms with Gasteiger partial charge in [0.1, 0.15) is 12.6 Å². The fraction of sp³-hybridized carbons (Fsp3) is 0.444. The molecule has 3 N–H and O–H groups in total. The highest BCUT2D eigenvalue weighted by Crippen LogP contribution is 2.44. The van der Waals surface area contributed by atoms with Crippen molar-refractivity contribution in [3.05, 3.63) is 59.7 Å². The topological polar surface area (TPSA) is 114 Å². The summed E-state index contributed by atoms with van der Waals surface area (Å²) in [5.74, 6) is -2.27. The minimum atomic E-state index is -0.980. The number of methoxy groups -OCH3 is 1. The van der Waals surface area contributed by atoms with Crippen molar-refractivity contribution in [3.8, 4) is 11.1 Å². The van der Waals surface area contributed by atoms with Crippen LogP contribution in [0.15, 0.2) is 48.5 Å². The zero-order valence-corrected chi connectivity index (χ0v) is 20.7. The summed E-state index contributed by atoms with van der Waals surface area (Å²) >= 11 is 0. The van der Waals surface area contributed by atoms with E-state index in [1.54, 1.807) is 20.8 Å². The second-order valence-electron chi connectivity index (χ2n) is 9.38. The standard InChI is InChI=1S/C27H34N2O6/c1-5-17(25(31)32)15-28-24(30)23(14-27(2,3)34-4)29-26(33)35-16-22-20-12-8-6-10-18(20)19-11-7-9-13-21(19)22/h6-13,17,22-23H,5,14-16H2,1-4H3,(H,28,30)(H,29,33)(H,31,32). The number of carboxylic acids is 1. The molecule has 0 radical (unpaired) electrons. The summed E-state index contributed by atoms with van der Waals surface area (Å²) in [6, 6.07) is 15.1. The predicted molar refractivity (Wildman–Crippen MR) is 132 cm³/mol. The van der Waals surface area contributed by atoms with Gasteiger partial charge in [-0.1, -0.05) is 55.5 Å². The first-order valence-electron chi connectivity index (χ1n) is 11.8. The van der Waals surface area contributed by atoms with E-state index in [9.17, 15) is 19.5 Å². The van der Waals surface area contributed by atoms with Crippen LogP contribution in [0.4, 0.5) is 4.79 Å². The molecular weight excluding hydrogens is 448 g/mol. The Kier molecular flexibility index (Phi) is 8.51. The zero-order valence-electron chi connectivity index (χ0n) is 20.7. The Hall–Kier alpha value is -3.39. The maximum atomic E-state index is 12.9. The van der Waals surface area contributed by atoms with Gasteiger partial charge in [-0.3, -0.25) is 9.59 Å². The highest BCUT2D eigenvalue weighted by Gasteiger charge is 2.32. The van der Waals surface area contributed by atoms with Crippen molar-refractivity contribution in [2.45, 2.75) is 51.2 Å². The Morgan fingerprint density at radius 1 is 1.03 bits per heavy atom. The molecule has 1 aliphatic rings. The summed E-state index contributed by atoms with van der Waals surface area (Å²) in [6.45, 7) is 5.45. The number of carbonyl (C=O) groups is 3. The third-order valence-electron chi connectivity index (χ3n) is 6.57. The highest BCUT2D eigenvalue weighted by molar-refractivity contribution is 5.86. The maximum Gasteiger partial charge on any atom is 0.407 e. The van der Waals surface area contributed by atoms with Crippen molar-refractivity contribution in [3.63, 3.8) is 0 Å². The van der Waals surface area contributed by atoms with Crippen molar-refractivity contribution < 1.29 is 29.0 Å². The first kappa shape index (κ1) is 26.2. The van der Waals surface area contributed by atoms with E-state index in [-0.39, 0.29) is 25.5 Å². The molecule has 0 aromatic heterocycles. The molecule has 0 saturated carbocycles. The number of hydrogen-bond donors (Lipinski definition) is 3. The number of benzene rings is 2. The summed E-state index contributed by atoms with van der Waals surface area (Å²) in [7, 11) is 1.53. The molecule has 0 saturated heterocycles. The van der Waals surface area contributed by atoms with E-state index in [1.807, 2.05) is 36.4 Å². The number of amides is 2. The number of fused-ring (bicyclic) bond motifs is 3. The van der Waals surface area contributed by atoms with E-state index < -0.39 is 35.5 Å². The molecule has 0 bridgehead atoms. The normalized spacial score (nSPS) is 14.4. The maximum absolute atomic E-state index is 12.9. The molecule has 35 heavy (non-hydrogen) atoms. The molecule has 0 aliphatic heterocycles. The predicted octanol–water partition coefficient (Wildman–Crippen LogP) is 3.94. The van der Waals surface area contributed by atoms with Gasteiger partial charge in [0.05, 0.1) is 11.5 Å². The molecule has 2 atom stereocenters. The van der Waals surface area contributed by atoms with Gasteiger partial charge in [0.25, 0.3) is 0 Å². The van der Waals surface area contributed by atoms with Crippen LogP contribution in [0, 0.1) is 5.92 Å². The van der Waals surface area contributed by atoms with Crippen molar-refractivity contribution in [2.75, 3.05) is 20.3 Å². The number of nitrogens with one attached hydrogen (secondary N) is 2. The van der Waals surface area contributed by atoms with Crippen LogP contribution in [-0.2, 0) is 19.1 Å². The van der Waals surface area contributed by atoms with Crippen LogP contribution in [0.5, 0.6) is 0 Å². The summed E-state index contributed by atoms with van der Waals surface area (Å²) in [5.41, 5.74) is 3.74. The molecule has 2 aromatic carbocycles. The summed E-state index contributed by atoms with van der Waals surface area (Å²) in [4.78, 5) is 36.9. The fourth-order valence-corrected chi connectivity index (χ4v) is 4.32. The van der Waals surface area contributed by atoms with Crippen molar-refractivity contribution in [1.29, 1.82) is 0 Å². The minimum Gasteiger partial charge on any atom is -0.481 e. The van der Waals surface area contributed by atoms with E-state index in [0.29, 0.717) is 6.42 Å². The molecule has 2 aromatic rings. The van der Waals surface area contributed by atoms with Gasteiger partial charge in [0, 0.05) is 26.0 Å². The van der Waals surface area contributed by atoms with E-state index in [0.717, 1.165) is 22.3 Å². The van der Waals surface area contributed by atoms with Gasteiger partial charge in [0.15, 0.2) is 0 Å². The lowest BCUT2D eigenvalue weighted by molar-refractivity contribution is -0.141. The third kappa shape index (κ3) is 6.39. The smallest absolute Gasteiger partial charge is 0.407 e. The average Bonchev–Trinajstić information content (AvgIpc) is 3.16. The number of ether oxygens (including phenoxy) is 2. The number of carbonyl (C=O) groups excluding carboxylic acids is 2. The minimum absolute atomic E-state index is 0.0268. The Balaban J connectivity index is 1.67. The van der Waals surface area contributed by atoms with Crippen LogP contribution >= 0.6 is 0 Å². The molecule has 2 unspecified atom stereocenters. The number of rotatable bonds is 11. The number of hydrogen-bond acceptors (Lipinski definition) is 5. The Morgan fingerprint density at radius 3 is 2.11 bits per heavy atom. The molecule has 0 fully saturated rings. The summed E-state index contributed by atoms with van der Waals surface area (Å²) < 4.78 is 11.0. The van der Waals surface area contributed by atoms with E-state index in [2.05, 4.69) is 22.8 Å². The summed E-state index contributed by atoms with van der Waals surface area (Å²) in [6.07, 6.45) is -0.156. The SMILES string of the molecule is CCC(CNC(=O)C(CC(C)(C)OC)NC(=O)OCC1c2ccccc2-c2ccccc21)C(=O)O. The van der Waals surface area contributed by atoms with Gasteiger partial charge in [-0.05, 0) is 42.5 Å². The highest BCUT2D eigenvalue weighted by atomic mass is 16.5. The van der Waals surface area contributed by atoms with Crippen LogP contribution in [0.3, 0.4) is 0 Å². The second-order valence-corrected chi connectivity index (χ2v) is 9.38. The number of carboxylic acid groups (broad SMARTS) is 1. The first-order chi connectivity index (χ1) is 16.7. The molecular formula is C27H34N2O6. The lowest BCUT2D eigenvalue weighted by Crippen LogP contribution is -2.51. The number of aliphatic carboxylic acids is 1. The van der Waals surface area contributed by atoms with E-state index >= 15 is 0 Å². The molecule has 8 heteroatoms. The van der Waals surface area contributed by atoms with Crippen molar-refractivity contribution in [2.24, 2.45) is 5.92 Å². The zero-order chi connectivity index (χ0) is 25.6. The lowest BCUT2D eigenvalue weighted by Gasteiger charge is -2.28. The van der Waals surface area contributed by atoms with Gasteiger partial charge in [0.2, 0.25) is 5.91 Å². The molecule has 3 rings (SSSR count). The Labute approximate surface area is 206 Å². The molecule has 0 heterocycles. The largest absolute Gasteiger partial charge is 0.481 e. The molecule has 2 amide bonds. The Bertz CT molecular complexity index is 1020. The fourth-order valence-electron chi connectivity index (χ4n) is 4.32. The Morgan fingerprint density at radius 2 is 1.60 bits per heavy atom. The monoisotopic (exact) mass is 482 g/mol. The van der Waals surface area contributed by atoms with Crippen molar-refractivity contribution >= 4 is 18.0 Å². The quantitative estimate of drug-likeness (QED) is 0.447. The van der Waals surface area contributed by atoms with E-state index in [4.69, 9.17) is 9.47 Å². The van der Waals surface area contributed by atoms with Gasteiger partial charge < -0.3 is 25.2 Å². The van der Waals surface area contributed by atoms with Gasteiger partial charge in [-0.2, -0.15) is 0 Å². The molecule has 0 spiro atoms. The molecule has 188 valence electrons. The van der Waals surface area contributed by atoms with Crippen molar-refractivity contribution in [1.82, 2.24) is 10.6 Å². The van der Waals surface area contributed by atoms with Crippen LogP contribution < -0.4 is 10.6 Å². The van der Waals surface area contributed by atoms with Crippen LogP contribution in [0.1, 0.15) is 50.7 Å². The molecule has 1 aliphatic carbocycles. The average molecular weight is 483 g/mol. The summed E-state index contributed by atoms with van der Waals surface area (Å²) in [5, 5.41) is 14.5. The number of alkyl carbamates (subject to hydrolysis) is 1. The third-order valence-corrected chi connectivity index (χ3v) is 6.57. The lowest BCUT2D eigenvalue weighted by atomic mass is 9.97. The first-order valence-corrected chi connectivity index (χ1v) is 11.8. The molecule has 8 nitrogen and oxygen atoms in total. The van der Waals surface area contributed by atoms with Gasteiger partial charge in [-0.25, -0.2) is 4.79 Å².